The van der Waals surface area contributed by atoms with Gasteiger partial charge in [0.05, 0.1) is 0 Å². The van der Waals surface area contributed by atoms with E-state index in [2.05, 4.69) is 13.8 Å². The molecular weight excluding hydrogens is 210 g/mol. The number of hydrogen-bond donors (Lipinski definition) is 0. The monoisotopic (exact) mass is 231 g/mol. The predicted molar refractivity (Wildman–Crippen MR) is 70.1 cm³/mol. The highest BCUT2D eigenvalue weighted by atomic mass is 16.2. The van der Waals surface area contributed by atoms with E-state index in [-0.39, 0.29) is 5.91 Å². The minimum Gasteiger partial charge on any atom is -0.339 e. The quantitative estimate of drug-likeness (QED) is 0.726. The standard InChI is InChI=1S/C15H21NO/c1-12-6-4-5-7-13(12)14(17)16-10-8-15(2,3)9-11-16/h4-7H,8-11H2,1-3H3. The predicted octanol–water partition coefficient (Wildman–Crippen LogP) is 3.26. The molecule has 1 saturated heterocycles. The van der Waals surface area contributed by atoms with Crippen LogP contribution in [-0.2, 0) is 0 Å². The van der Waals surface area contributed by atoms with Crippen molar-refractivity contribution in [2.24, 2.45) is 5.41 Å². The SMILES string of the molecule is Cc1ccccc1C(=O)N1CCC(C)(C)CC1. The van der Waals surface area contributed by atoms with Crippen LogP contribution in [-0.4, -0.2) is 23.9 Å². The fourth-order valence-electron chi connectivity index (χ4n) is 2.30. The molecule has 1 aromatic rings. The zero-order valence-corrected chi connectivity index (χ0v) is 11.0. The Balaban J connectivity index is 2.10. The third-order valence-electron chi connectivity index (χ3n) is 3.78. The third kappa shape index (κ3) is 2.68. The highest BCUT2D eigenvalue weighted by Crippen LogP contribution is 2.30. The molecule has 1 aliphatic heterocycles. The maximum absolute atomic E-state index is 12.4. The van der Waals surface area contributed by atoms with Gasteiger partial charge < -0.3 is 4.90 Å². The van der Waals surface area contributed by atoms with Gasteiger partial charge in [0.25, 0.3) is 5.91 Å². The van der Waals surface area contributed by atoms with E-state index in [0.717, 1.165) is 37.1 Å². The molecule has 0 unspecified atom stereocenters. The molecule has 1 amide bonds. The number of amides is 1. The Morgan fingerprint density at radius 1 is 1.18 bits per heavy atom. The first-order valence-electron chi connectivity index (χ1n) is 6.34. The molecule has 0 aromatic heterocycles. The molecular formula is C15H21NO. The average molecular weight is 231 g/mol. The highest BCUT2D eigenvalue weighted by Gasteiger charge is 2.28. The number of likely N-dealkylation sites (tertiary alicyclic amines) is 1. The van der Waals surface area contributed by atoms with E-state index < -0.39 is 0 Å². The summed E-state index contributed by atoms with van der Waals surface area (Å²) in [5.41, 5.74) is 2.32. The summed E-state index contributed by atoms with van der Waals surface area (Å²) in [6.45, 7) is 8.34. The van der Waals surface area contributed by atoms with E-state index in [4.69, 9.17) is 0 Å². The van der Waals surface area contributed by atoms with Gasteiger partial charge in [-0.25, -0.2) is 0 Å². The summed E-state index contributed by atoms with van der Waals surface area (Å²) >= 11 is 0. The van der Waals surface area contributed by atoms with Crippen molar-refractivity contribution in [3.63, 3.8) is 0 Å². The molecule has 1 heterocycles. The van der Waals surface area contributed by atoms with E-state index in [1.54, 1.807) is 0 Å². The number of carbonyl (C=O) groups excluding carboxylic acids is 1. The highest BCUT2D eigenvalue weighted by molar-refractivity contribution is 5.95. The first kappa shape index (κ1) is 12.2. The molecule has 0 saturated carbocycles. The summed E-state index contributed by atoms with van der Waals surface area (Å²) in [7, 11) is 0. The van der Waals surface area contributed by atoms with Gasteiger partial charge in [0.2, 0.25) is 0 Å². The molecule has 0 bridgehead atoms. The smallest absolute Gasteiger partial charge is 0.254 e. The van der Waals surface area contributed by atoms with Gasteiger partial charge in [-0.2, -0.15) is 0 Å². The van der Waals surface area contributed by atoms with E-state index in [1.807, 2.05) is 36.1 Å². The summed E-state index contributed by atoms with van der Waals surface area (Å²) in [6, 6.07) is 7.85. The lowest BCUT2D eigenvalue weighted by molar-refractivity contribution is 0.0629. The van der Waals surface area contributed by atoms with Gasteiger partial charge in [-0.15, -0.1) is 0 Å². The largest absolute Gasteiger partial charge is 0.339 e. The minimum atomic E-state index is 0.193. The number of piperidine rings is 1. The van der Waals surface area contributed by atoms with Crippen LogP contribution in [0.15, 0.2) is 24.3 Å². The van der Waals surface area contributed by atoms with Gasteiger partial charge in [-0.3, -0.25) is 4.79 Å². The minimum absolute atomic E-state index is 0.193. The van der Waals surface area contributed by atoms with Crippen molar-refractivity contribution in [1.29, 1.82) is 0 Å². The Morgan fingerprint density at radius 3 is 2.35 bits per heavy atom. The van der Waals surface area contributed by atoms with E-state index in [1.165, 1.54) is 0 Å². The fourth-order valence-corrected chi connectivity index (χ4v) is 2.30. The lowest BCUT2D eigenvalue weighted by Gasteiger charge is -2.37. The van der Waals surface area contributed by atoms with Gasteiger partial charge in [-0.1, -0.05) is 32.0 Å². The Hall–Kier alpha value is -1.31. The molecule has 0 N–H and O–H groups in total. The summed E-state index contributed by atoms with van der Waals surface area (Å²) in [6.07, 6.45) is 2.20. The first-order chi connectivity index (χ1) is 7.99. The van der Waals surface area contributed by atoms with Crippen molar-refractivity contribution >= 4 is 5.91 Å². The van der Waals surface area contributed by atoms with Crippen LogP contribution in [0.1, 0.15) is 42.6 Å². The van der Waals surface area contributed by atoms with E-state index in [9.17, 15) is 4.79 Å². The summed E-state index contributed by atoms with van der Waals surface area (Å²) in [5, 5.41) is 0. The molecule has 0 aliphatic carbocycles. The Bertz CT molecular complexity index is 413. The second-order valence-corrected chi connectivity index (χ2v) is 5.77. The normalized spacial score (nSPS) is 19.1. The van der Waals surface area contributed by atoms with Crippen molar-refractivity contribution in [3.8, 4) is 0 Å². The van der Waals surface area contributed by atoms with Crippen molar-refractivity contribution < 1.29 is 4.79 Å². The molecule has 17 heavy (non-hydrogen) atoms. The molecule has 0 spiro atoms. The van der Waals surface area contributed by atoms with Gasteiger partial charge in [0.15, 0.2) is 0 Å². The van der Waals surface area contributed by atoms with Crippen LogP contribution in [0.25, 0.3) is 0 Å². The second kappa shape index (κ2) is 4.52. The zero-order chi connectivity index (χ0) is 12.5. The molecule has 2 nitrogen and oxygen atoms in total. The molecule has 1 fully saturated rings. The van der Waals surface area contributed by atoms with E-state index in [0.29, 0.717) is 5.41 Å². The first-order valence-corrected chi connectivity index (χ1v) is 6.34. The summed E-state index contributed by atoms with van der Waals surface area (Å²) in [4.78, 5) is 14.4. The number of nitrogens with zero attached hydrogens (tertiary/aromatic N) is 1. The van der Waals surface area contributed by atoms with Gasteiger partial charge in [-0.05, 0) is 36.8 Å². The third-order valence-corrected chi connectivity index (χ3v) is 3.78. The Morgan fingerprint density at radius 2 is 1.76 bits per heavy atom. The van der Waals surface area contributed by atoms with Crippen LogP contribution in [0.4, 0.5) is 0 Å². The lowest BCUT2D eigenvalue weighted by Crippen LogP contribution is -2.41. The zero-order valence-electron chi connectivity index (χ0n) is 11.0. The van der Waals surface area contributed by atoms with Crippen molar-refractivity contribution in [1.82, 2.24) is 4.90 Å². The second-order valence-electron chi connectivity index (χ2n) is 5.77. The average Bonchev–Trinajstić information content (AvgIpc) is 2.29. The maximum Gasteiger partial charge on any atom is 0.254 e. The van der Waals surface area contributed by atoms with Crippen LogP contribution in [0.2, 0.25) is 0 Å². The van der Waals surface area contributed by atoms with Crippen LogP contribution in [0.3, 0.4) is 0 Å². The number of rotatable bonds is 1. The van der Waals surface area contributed by atoms with Gasteiger partial charge in [0, 0.05) is 18.7 Å². The molecule has 92 valence electrons. The molecule has 0 radical (unpaired) electrons. The number of hydrogen-bond acceptors (Lipinski definition) is 1. The molecule has 0 atom stereocenters. The topological polar surface area (TPSA) is 20.3 Å². The number of aryl methyl sites for hydroxylation is 1. The fraction of sp³-hybridized carbons (Fsp3) is 0.533. The number of benzene rings is 1. The molecule has 1 aliphatic rings. The number of carbonyl (C=O) groups is 1. The van der Waals surface area contributed by atoms with Crippen LogP contribution >= 0.6 is 0 Å². The molecule has 2 rings (SSSR count). The van der Waals surface area contributed by atoms with Crippen LogP contribution in [0.5, 0.6) is 0 Å². The summed E-state index contributed by atoms with van der Waals surface area (Å²) in [5.74, 6) is 0.193. The van der Waals surface area contributed by atoms with Crippen molar-refractivity contribution in [2.75, 3.05) is 13.1 Å². The van der Waals surface area contributed by atoms with Crippen molar-refractivity contribution in [3.05, 3.63) is 35.4 Å². The van der Waals surface area contributed by atoms with E-state index >= 15 is 0 Å². The van der Waals surface area contributed by atoms with Gasteiger partial charge >= 0.3 is 0 Å². The van der Waals surface area contributed by atoms with Gasteiger partial charge in [0.1, 0.15) is 0 Å². The van der Waals surface area contributed by atoms with Crippen LogP contribution in [0, 0.1) is 12.3 Å². The Kier molecular flexibility index (Phi) is 3.23. The molecule has 2 heteroatoms. The van der Waals surface area contributed by atoms with Crippen molar-refractivity contribution in [2.45, 2.75) is 33.6 Å². The maximum atomic E-state index is 12.4. The molecule has 1 aromatic carbocycles. The Labute approximate surface area is 104 Å². The van der Waals surface area contributed by atoms with Crippen LogP contribution < -0.4 is 0 Å². The summed E-state index contributed by atoms with van der Waals surface area (Å²) < 4.78 is 0. The lowest BCUT2D eigenvalue weighted by atomic mass is 9.82.